The van der Waals surface area contributed by atoms with Gasteiger partial charge < -0.3 is 0 Å². The van der Waals surface area contributed by atoms with Crippen molar-refractivity contribution in [3.63, 3.8) is 0 Å². The maximum Gasteiger partial charge on any atom is 0.244 e. The van der Waals surface area contributed by atoms with E-state index in [1.807, 2.05) is 61.5 Å². The molecule has 2 aliphatic heterocycles. The Morgan fingerprint density at radius 3 is 1.89 bits per heavy atom. The zero-order chi connectivity index (χ0) is 25.8. The van der Waals surface area contributed by atoms with Gasteiger partial charge in [0.2, 0.25) is 23.8 Å². The number of anilines is 3. The molecule has 12 heteroatoms. The Bertz CT molecular complexity index is 1430. The number of aliphatic imine (C=N–C) groups is 6. The fraction of sp³-hybridized carbons (Fsp3) is 0.0800. The molecule has 37 heavy (non-hydrogen) atoms. The summed E-state index contributed by atoms with van der Waals surface area (Å²) in [6.07, 6.45) is 5.04. The van der Waals surface area contributed by atoms with Gasteiger partial charge in [0.15, 0.2) is 0 Å². The summed E-state index contributed by atoms with van der Waals surface area (Å²) in [6.45, 7) is 9.61. The minimum atomic E-state index is 0.207. The number of hydrogen-bond acceptors (Lipinski definition) is 11. The Balaban J connectivity index is 1.66. The smallest absolute Gasteiger partial charge is 0.244 e. The first-order valence-corrected chi connectivity index (χ1v) is 11.2. The number of pyridine rings is 3. The number of amidine groups is 1. The minimum absolute atomic E-state index is 0.207. The number of fused-ring (bicyclic) bond motifs is 1. The van der Waals surface area contributed by atoms with Gasteiger partial charge in [0.1, 0.15) is 29.1 Å². The molecule has 0 unspecified atom stereocenters. The SMILES string of the molecule is C=NC1=NC(N(c2ccccn2)c2ccccn2)=NC2=NC(N(C(C)=NC)c3ccccn3)=NC(=C)N21. The van der Waals surface area contributed by atoms with Crippen LogP contribution < -0.4 is 9.80 Å². The predicted octanol–water partition coefficient (Wildman–Crippen LogP) is 3.49. The maximum absolute atomic E-state index is 4.75. The van der Waals surface area contributed by atoms with Crippen LogP contribution in [0.3, 0.4) is 0 Å². The van der Waals surface area contributed by atoms with E-state index in [1.54, 1.807) is 35.4 Å². The first-order chi connectivity index (χ1) is 18.1. The summed E-state index contributed by atoms with van der Waals surface area (Å²) in [5.74, 6) is 3.63. The van der Waals surface area contributed by atoms with Crippen LogP contribution in [0.15, 0.2) is 116 Å². The van der Waals surface area contributed by atoms with E-state index in [1.165, 1.54) is 4.90 Å². The number of rotatable bonds is 3. The molecule has 3 aromatic rings. The average Bonchev–Trinajstić information content (AvgIpc) is 2.94. The second-order valence-corrected chi connectivity index (χ2v) is 7.56. The summed E-state index contributed by atoms with van der Waals surface area (Å²) >= 11 is 0. The lowest BCUT2D eigenvalue weighted by Crippen LogP contribution is -2.46. The topological polar surface area (TPSA) is 123 Å². The highest BCUT2D eigenvalue weighted by Crippen LogP contribution is 2.27. The van der Waals surface area contributed by atoms with Crippen molar-refractivity contribution in [2.45, 2.75) is 6.92 Å². The van der Waals surface area contributed by atoms with Crippen molar-refractivity contribution in [3.05, 3.63) is 85.6 Å². The fourth-order valence-electron chi connectivity index (χ4n) is 3.58. The van der Waals surface area contributed by atoms with Crippen LogP contribution in [0.5, 0.6) is 0 Å². The standard InChI is InChI=1S/C25H22N12/c1-17(26-3)35(19-11-5-8-14-28-19)23-31-18(2)36-22(27-4)32-25(34-24(36)33-23)37(20-12-6-9-15-29-20)21-13-7-10-16-30-21/h5-16H,2,4H2,1,3H3. The molecule has 2 aliphatic rings. The van der Waals surface area contributed by atoms with Gasteiger partial charge in [0.25, 0.3) is 0 Å². The molecule has 0 atom stereocenters. The summed E-state index contributed by atoms with van der Waals surface area (Å²) in [5, 5.41) is 0. The monoisotopic (exact) mass is 490 g/mol. The van der Waals surface area contributed by atoms with Crippen LogP contribution in [0.2, 0.25) is 0 Å². The van der Waals surface area contributed by atoms with E-state index in [-0.39, 0.29) is 23.8 Å². The molecule has 0 aromatic carbocycles. The molecule has 0 N–H and O–H groups in total. The molecule has 5 rings (SSSR count). The third kappa shape index (κ3) is 4.50. The summed E-state index contributed by atoms with van der Waals surface area (Å²) in [5.41, 5.74) is 0. The lowest BCUT2D eigenvalue weighted by Gasteiger charge is -2.32. The lowest BCUT2D eigenvalue weighted by atomic mass is 10.3. The Kier molecular flexibility index (Phi) is 6.36. The van der Waals surface area contributed by atoms with Gasteiger partial charge in [-0.1, -0.05) is 24.8 Å². The van der Waals surface area contributed by atoms with Crippen molar-refractivity contribution in [1.82, 2.24) is 19.9 Å². The van der Waals surface area contributed by atoms with Crippen LogP contribution in [0.4, 0.5) is 17.5 Å². The highest BCUT2D eigenvalue weighted by Gasteiger charge is 2.34. The third-order valence-electron chi connectivity index (χ3n) is 5.31. The quantitative estimate of drug-likeness (QED) is 0.409. The van der Waals surface area contributed by atoms with Gasteiger partial charge in [-0.3, -0.25) is 9.89 Å². The number of aromatic nitrogens is 3. The van der Waals surface area contributed by atoms with Crippen molar-refractivity contribution >= 4 is 53.8 Å². The van der Waals surface area contributed by atoms with Crippen LogP contribution in [-0.4, -0.2) is 63.3 Å². The van der Waals surface area contributed by atoms with Gasteiger partial charge in [0, 0.05) is 25.6 Å². The van der Waals surface area contributed by atoms with Gasteiger partial charge in [-0.15, -0.1) is 0 Å². The summed E-state index contributed by atoms with van der Waals surface area (Å²) in [6, 6.07) is 16.6. The molecule has 0 spiro atoms. The predicted molar refractivity (Wildman–Crippen MR) is 147 cm³/mol. The van der Waals surface area contributed by atoms with Gasteiger partial charge in [-0.25, -0.2) is 29.7 Å². The molecule has 0 bridgehead atoms. The average molecular weight is 491 g/mol. The van der Waals surface area contributed by atoms with Gasteiger partial charge in [-0.2, -0.15) is 20.0 Å². The summed E-state index contributed by atoms with van der Waals surface area (Å²) < 4.78 is 0. The number of guanidine groups is 4. The molecule has 0 saturated carbocycles. The van der Waals surface area contributed by atoms with E-state index in [9.17, 15) is 0 Å². The molecule has 0 aliphatic carbocycles. The molecule has 0 saturated heterocycles. The van der Waals surface area contributed by atoms with Crippen molar-refractivity contribution in [1.29, 1.82) is 0 Å². The first kappa shape index (κ1) is 23.4. The van der Waals surface area contributed by atoms with E-state index >= 15 is 0 Å². The fourth-order valence-corrected chi connectivity index (χ4v) is 3.58. The molecule has 3 aromatic heterocycles. The Morgan fingerprint density at radius 2 is 1.38 bits per heavy atom. The Morgan fingerprint density at radius 1 is 0.784 bits per heavy atom. The largest absolute Gasteiger partial charge is 0.275 e. The normalized spacial score (nSPS) is 15.1. The number of nitrogens with zero attached hydrogens (tertiary/aromatic N) is 12. The van der Waals surface area contributed by atoms with Crippen molar-refractivity contribution in [3.8, 4) is 0 Å². The van der Waals surface area contributed by atoms with Gasteiger partial charge in [0.05, 0.1) is 0 Å². The highest BCUT2D eigenvalue weighted by atomic mass is 15.5. The zero-order valence-electron chi connectivity index (χ0n) is 20.2. The van der Waals surface area contributed by atoms with Crippen molar-refractivity contribution in [2.24, 2.45) is 30.0 Å². The van der Waals surface area contributed by atoms with E-state index in [0.29, 0.717) is 29.1 Å². The van der Waals surface area contributed by atoms with Crippen LogP contribution in [-0.2, 0) is 0 Å². The summed E-state index contributed by atoms with van der Waals surface area (Å²) in [4.78, 5) is 45.4. The molecule has 12 nitrogen and oxygen atoms in total. The van der Waals surface area contributed by atoms with E-state index in [2.05, 4.69) is 48.2 Å². The van der Waals surface area contributed by atoms with Crippen LogP contribution in [0.25, 0.3) is 0 Å². The maximum atomic E-state index is 4.75. The Hall–Kier alpha value is -5.39. The van der Waals surface area contributed by atoms with Gasteiger partial charge >= 0.3 is 0 Å². The highest BCUT2D eigenvalue weighted by molar-refractivity contribution is 6.25. The first-order valence-electron chi connectivity index (χ1n) is 11.2. The second-order valence-electron chi connectivity index (χ2n) is 7.56. The zero-order valence-corrected chi connectivity index (χ0v) is 20.2. The van der Waals surface area contributed by atoms with Crippen molar-refractivity contribution < 1.29 is 0 Å². The van der Waals surface area contributed by atoms with E-state index in [4.69, 9.17) is 9.98 Å². The second kappa shape index (κ2) is 10.1. The van der Waals surface area contributed by atoms with Crippen LogP contribution >= 0.6 is 0 Å². The molecular formula is C25H22N12. The summed E-state index contributed by atoms with van der Waals surface area (Å²) in [7, 11) is 1.68. The van der Waals surface area contributed by atoms with E-state index in [0.717, 1.165) is 0 Å². The Labute approximate surface area is 213 Å². The third-order valence-corrected chi connectivity index (χ3v) is 5.31. The minimum Gasteiger partial charge on any atom is -0.275 e. The van der Waals surface area contributed by atoms with Crippen LogP contribution in [0.1, 0.15) is 6.92 Å². The molecular weight excluding hydrogens is 468 g/mol. The molecule has 0 amide bonds. The number of hydrogen-bond donors (Lipinski definition) is 0. The van der Waals surface area contributed by atoms with Crippen molar-refractivity contribution in [2.75, 3.05) is 16.8 Å². The van der Waals surface area contributed by atoms with Gasteiger partial charge in [-0.05, 0) is 50.0 Å². The van der Waals surface area contributed by atoms with E-state index < -0.39 is 0 Å². The molecule has 5 heterocycles. The lowest BCUT2D eigenvalue weighted by molar-refractivity contribution is 0.705. The molecule has 0 fully saturated rings. The van der Waals surface area contributed by atoms with Crippen LogP contribution in [0, 0.1) is 0 Å². The molecule has 182 valence electrons. The molecule has 0 radical (unpaired) electrons.